The van der Waals surface area contributed by atoms with Crippen LogP contribution in [0.4, 0.5) is 5.82 Å². The van der Waals surface area contributed by atoms with Gasteiger partial charge in [-0.3, -0.25) is 19.6 Å². The van der Waals surface area contributed by atoms with Gasteiger partial charge in [-0.15, -0.1) is 11.3 Å². The molecule has 1 atom stereocenters. The van der Waals surface area contributed by atoms with E-state index in [-0.39, 0.29) is 11.3 Å². The average molecular weight is 432 g/mol. The van der Waals surface area contributed by atoms with Gasteiger partial charge < -0.3 is 9.73 Å². The molecule has 0 radical (unpaired) electrons. The number of nitrogens with one attached hydrogen (secondary N) is 3. The van der Waals surface area contributed by atoms with E-state index in [1.54, 1.807) is 6.07 Å². The monoisotopic (exact) mass is 432 g/mol. The zero-order chi connectivity index (χ0) is 21.1. The zero-order valence-corrected chi connectivity index (χ0v) is 17.0. The number of carbonyl (C=O) groups excluding carboxylic acids is 1. The molecule has 3 N–H and O–H groups in total. The fraction of sp³-hybridized carbons (Fsp3) is 0.182. The topological polar surface area (TPSA) is 121 Å². The third-order valence-electron chi connectivity index (χ3n) is 5.70. The molecule has 2 aliphatic rings. The first-order valence-electron chi connectivity index (χ1n) is 9.94. The summed E-state index contributed by atoms with van der Waals surface area (Å²) in [6, 6.07) is 11.4. The highest BCUT2D eigenvalue weighted by Gasteiger charge is 2.39. The molecule has 3 aromatic heterocycles. The van der Waals surface area contributed by atoms with Crippen molar-refractivity contribution < 1.29 is 9.21 Å². The van der Waals surface area contributed by atoms with Crippen LogP contribution in [0.15, 0.2) is 61.7 Å². The third-order valence-corrected chi connectivity index (χ3v) is 6.76. The number of hydrogen-bond acceptors (Lipinski definition) is 7. The number of carbonyl (C=O) groups is 1. The van der Waals surface area contributed by atoms with E-state index in [1.807, 2.05) is 30.3 Å². The van der Waals surface area contributed by atoms with Gasteiger partial charge in [0, 0.05) is 17.7 Å². The van der Waals surface area contributed by atoms with Crippen molar-refractivity contribution in [2.75, 3.05) is 5.32 Å². The second-order valence-electron chi connectivity index (χ2n) is 7.61. The number of ketones is 1. The molecule has 0 fully saturated rings. The smallest absolute Gasteiger partial charge is 0.327 e. The number of nitrogens with zero attached hydrogens (tertiary/aromatic N) is 1. The van der Waals surface area contributed by atoms with Crippen LogP contribution >= 0.6 is 11.3 Å². The van der Waals surface area contributed by atoms with E-state index in [9.17, 15) is 14.4 Å². The lowest BCUT2D eigenvalue weighted by atomic mass is 9.79. The molecule has 1 aliphatic heterocycles. The Morgan fingerprint density at radius 2 is 1.90 bits per heavy atom. The number of hydrogen-bond donors (Lipinski definition) is 3. The molecule has 0 spiro atoms. The van der Waals surface area contributed by atoms with Crippen LogP contribution in [0, 0.1) is 0 Å². The highest BCUT2D eigenvalue weighted by atomic mass is 32.1. The first-order chi connectivity index (χ1) is 15.1. The van der Waals surface area contributed by atoms with Gasteiger partial charge >= 0.3 is 5.69 Å². The summed E-state index contributed by atoms with van der Waals surface area (Å²) in [5.41, 5.74) is 1.28. The molecule has 0 amide bonds. The van der Waals surface area contributed by atoms with Crippen molar-refractivity contribution in [3.8, 4) is 10.8 Å². The quantitative estimate of drug-likeness (QED) is 0.446. The van der Waals surface area contributed by atoms with Gasteiger partial charge in [-0.2, -0.15) is 0 Å². The summed E-state index contributed by atoms with van der Waals surface area (Å²) in [5, 5.41) is 3.82. The first kappa shape index (κ1) is 18.1. The van der Waals surface area contributed by atoms with Crippen molar-refractivity contribution in [1.29, 1.82) is 0 Å². The molecule has 1 aliphatic carbocycles. The number of aromatic amines is 2. The predicted molar refractivity (Wildman–Crippen MR) is 116 cm³/mol. The van der Waals surface area contributed by atoms with E-state index in [4.69, 9.17) is 4.42 Å². The Balaban J connectivity index is 1.53. The van der Waals surface area contributed by atoms with Crippen molar-refractivity contribution in [2.45, 2.75) is 25.2 Å². The first-order valence-corrected chi connectivity index (χ1v) is 10.8. The lowest BCUT2D eigenvalue weighted by Crippen LogP contribution is -2.35. The molecule has 4 heterocycles. The van der Waals surface area contributed by atoms with Gasteiger partial charge in [-0.05, 0) is 37.1 Å². The summed E-state index contributed by atoms with van der Waals surface area (Å²) in [6.45, 7) is 0. The van der Waals surface area contributed by atoms with E-state index in [1.165, 1.54) is 11.3 Å². The molecule has 9 heteroatoms. The normalized spacial score (nSPS) is 18.1. The van der Waals surface area contributed by atoms with Crippen molar-refractivity contribution >= 4 is 33.2 Å². The maximum absolute atomic E-state index is 12.9. The largest absolute Gasteiger partial charge is 0.458 e. The van der Waals surface area contributed by atoms with E-state index >= 15 is 0 Å². The summed E-state index contributed by atoms with van der Waals surface area (Å²) >= 11 is 1.51. The molecule has 31 heavy (non-hydrogen) atoms. The number of allylic oxidation sites excluding steroid dienone is 2. The Hall–Kier alpha value is -3.72. The number of rotatable bonds is 2. The molecule has 0 saturated carbocycles. The van der Waals surface area contributed by atoms with Crippen LogP contribution in [-0.2, 0) is 4.79 Å². The average Bonchev–Trinajstić information content (AvgIpc) is 3.39. The van der Waals surface area contributed by atoms with E-state index in [0.29, 0.717) is 35.8 Å². The molecular weight excluding hydrogens is 416 g/mol. The lowest BCUT2D eigenvalue weighted by Gasteiger charge is -2.31. The second-order valence-corrected chi connectivity index (χ2v) is 8.64. The van der Waals surface area contributed by atoms with Crippen molar-refractivity contribution in [2.24, 2.45) is 0 Å². The molecule has 1 aromatic carbocycles. The number of aromatic nitrogens is 3. The fourth-order valence-electron chi connectivity index (χ4n) is 4.38. The highest BCUT2D eigenvalue weighted by molar-refractivity contribution is 7.21. The van der Waals surface area contributed by atoms with Crippen LogP contribution in [0.3, 0.4) is 0 Å². The van der Waals surface area contributed by atoms with Crippen LogP contribution in [-0.4, -0.2) is 20.7 Å². The highest BCUT2D eigenvalue weighted by Crippen LogP contribution is 2.44. The minimum absolute atomic E-state index is 0.0204. The van der Waals surface area contributed by atoms with Crippen molar-refractivity contribution in [3.63, 3.8) is 0 Å². The van der Waals surface area contributed by atoms with Crippen molar-refractivity contribution in [3.05, 3.63) is 79.8 Å². The Bertz CT molecular complexity index is 1490. The van der Waals surface area contributed by atoms with Crippen LogP contribution in [0.2, 0.25) is 0 Å². The van der Waals surface area contributed by atoms with E-state index in [0.717, 1.165) is 27.3 Å². The standard InChI is InChI=1S/C22H16N4O4S/c27-12-6-3-5-11-16(12)17(18-19(23-11)25-22(29)26-20(18)28)13-8-9-14(30-13)21-24-10-4-1-2-7-15(10)31-21/h1-2,4,7-9,17H,3,5-6H2,(H3,23,25,26,28,29). The number of furan rings is 1. The summed E-state index contributed by atoms with van der Waals surface area (Å²) in [7, 11) is 0. The van der Waals surface area contributed by atoms with Gasteiger partial charge in [0.05, 0.1) is 21.7 Å². The Labute approximate surface area is 178 Å². The van der Waals surface area contributed by atoms with Crippen molar-refractivity contribution in [1.82, 2.24) is 15.0 Å². The third kappa shape index (κ3) is 2.81. The number of thiazole rings is 1. The molecule has 0 saturated heterocycles. The van der Waals surface area contributed by atoms with Gasteiger partial charge in [0.15, 0.2) is 16.6 Å². The number of para-hydroxylation sites is 1. The number of Topliss-reactive ketones (excluding diaryl/α,β-unsaturated/α-hetero) is 1. The van der Waals surface area contributed by atoms with Gasteiger partial charge in [-0.25, -0.2) is 9.78 Å². The Morgan fingerprint density at radius 1 is 1.03 bits per heavy atom. The summed E-state index contributed by atoms with van der Waals surface area (Å²) in [5.74, 6) is 0.640. The number of fused-ring (bicyclic) bond motifs is 2. The Kier molecular flexibility index (Phi) is 3.87. The maximum atomic E-state index is 12.9. The van der Waals surface area contributed by atoms with Crippen LogP contribution in [0.1, 0.15) is 36.5 Å². The summed E-state index contributed by atoms with van der Waals surface area (Å²) < 4.78 is 7.21. The molecule has 154 valence electrons. The van der Waals surface area contributed by atoms with Crippen LogP contribution in [0.25, 0.3) is 21.0 Å². The summed E-state index contributed by atoms with van der Waals surface area (Å²) in [4.78, 5) is 47.0. The van der Waals surface area contributed by atoms with E-state index < -0.39 is 17.2 Å². The molecule has 1 unspecified atom stereocenters. The number of anilines is 1. The molecular formula is C22H16N4O4S. The van der Waals surface area contributed by atoms with Gasteiger partial charge in [-0.1, -0.05) is 12.1 Å². The van der Waals surface area contributed by atoms with Gasteiger partial charge in [0.25, 0.3) is 5.56 Å². The molecule has 4 aromatic rings. The minimum Gasteiger partial charge on any atom is -0.458 e. The SMILES string of the molecule is O=C1CCCC2=C1C(c1ccc(-c3nc4ccccc4s3)o1)c1c([nH]c(=O)[nH]c1=O)N2. The maximum Gasteiger partial charge on any atom is 0.327 e. The van der Waals surface area contributed by atoms with Gasteiger partial charge in [0.2, 0.25) is 0 Å². The second kappa shape index (κ2) is 6.64. The predicted octanol–water partition coefficient (Wildman–Crippen LogP) is 3.50. The number of H-pyrrole nitrogens is 2. The van der Waals surface area contributed by atoms with E-state index in [2.05, 4.69) is 20.3 Å². The zero-order valence-electron chi connectivity index (χ0n) is 16.2. The van der Waals surface area contributed by atoms with Gasteiger partial charge in [0.1, 0.15) is 11.6 Å². The number of benzene rings is 1. The van der Waals surface area contributed by atoms with Crippen LogP contribution in [0.5, 0.6) is 0 Å². The molecule has 0 bridgehead atoms. The summed E-state index contributed by atoms with van der Waals surface area (Å²) in [6.07, 6.45) is 1.80. The lowest BCUT2D eigenvalue weighted by molar-refractivity contribution is -0.116. The van der Waals surface area contributed by atoms with Crippen LogP contribution < -0.4 is 16.6 Å². The minimum atomic E-state index is -0.692. The molecule has 6 rings (SSSR count). The molecule has 8 nitrogen and oxygen atoms in total. The Morgan fingerprint density at radius 3 is 2.77 bits per heavy atom. The fourth-order valence-corrected chi connectivity index (χ4v) is 5.31.